The molecule has 7 heteroatoms. The third-order valence-corrected chi connectivity index (χ3v) is 4.70. The number of aromatic nitrogens is 1. The maximum absolute atomic E-state index is 12.3. The lowest BCUT2D eigenvalue weighted by Crippen LogP contribution is -2.47. The summed E-state index contributed by atoms with van der Waals surface area (Å²) in [5.74, 6) is -0.271. The molecule has 3 rings (SSSR count). The first-order valence-electron chi connectivity index (χ1n) is 7.84. The standard InChI is InChI=1S/C17H19N3O3S/c1-3-4-16-19-12(9-24-16)11-5-6-14-13(7-11)20(8-15(18)21)17(22)10(2)23-14/h5-7,9-10H,3-4,8H2,1-2H3,(H2,18,21). The van der Waals surface area contributed by atoms with E-state index in [0.29, 0.717) is 11.4 Å². The van der Waals surface area contributed by atoms with Crippen LogP contribution in [0, 0.1) is 0 Å². The van der Waals surface area contributed by atoms with Gasteiger partial charge in [-0.3, -0.25) is 14.5 Å². The Kier molecular flexibility index (Phi) is 4.53. The maximum Gasteiger partial charge on any atom is 0.268 e. The van der Waals surface area contributed by atoms with Crippen molar-refractivity contribution in [2.24, 2.45) is 5.73 Å². The van der Waals surface area contributed by atoms with Crippen molar-refractivity contribution in [1.29, 1.82) is 0 Å². The monoisotopic (exact) mass is 345 g/mol. The van der Waals surface area contributed by atoms with E-state index in [1.165, 1.54) is 4.90 Å². The molecule has 1 aromatic carbocycles. The highest BCUT2D eigenvalue weighted by molar-refractivity contribution is 7.09. The molecular formula is C17H19N3O3S. The summed E-state index contributed by atoms with van der Waals surface area (Å²) in [6.45, 7) is 3.61. The van der Waals surface area contributed by atoms with Crippen LogP contribution in [0.5, 0.6) is 5.75 Å². The lowest BCUT2D eigenvalue weighted by molar-refractivity contribution is -0.127. The minimum absolute atomic E-state index is 0.166. The molecule has 0 fully saturated rings. The van der Waals surface area contributed by atoms with E-state index in [-0.39, 0.29) is 12.5 Å². The van der Waals surface area contributed by atoms with E-state index >= 15 is 0 Å². The SMILES string of the molecule is CCCc1nc(-c2ccc3c(c2)N(CC(N)=O)C(=O)C(C)O3)cs1. The summed E-state index contributed by atoms with van der Waals surface area (Å²) >= 11 is 1.62. The second-order valence-electron chi connectivity index (χ2n) is 5.71. The van der Waals surface area contributed by atoms with E-state index in [2.05, 4.69) is 11.9 Å². The number of anilines is 1. The van der Waals surface area contributed by atoms with Crippen LogP contribution in [0.3, 0.4) is 0 Å². The summed E-state index contributed by atoms with van der Waals surface area (Å²) in [4.78, 5) is 29.7. The van der Waals surface area contributed by atoms with Crippen molar-refractivity contribution in [3.63, 3.8) is 0 Å². The molecule has 24 heavy (non-hydrogen) atoms. The summed E-state index contributed by atoms with van der Waals surface area (Å²) < 4.78 is 5.63. The molecule has 0 saturated carbocycles. The zero-order chi connectivity index (χ0) is 17.3. The minimum atomic E-state index is -0.641. The van der Waals surface area contributed by atoms with Crippen molar-refractivity contribution in [3.05, 3.63) is 28.6 Å². The molecule has 6 nitrogen and oxygen atoms in total. The molecule has 2 amide bonds. The molecule has 0 bridgehead atoms. The Labute approximate surface area is 144 Å². The van der Waals surface area contributed by atoms with Gasteiger partial charge < -0.3 is 10.5 Å². The Morgan fingerprint density at radius 1 is 1.46 bits per heavy atom. The average molecular weight is 345 g/mol. The first-order valence-corrected chi connectivity index (χ1v) is 8.72. The van der Waals surface area contributed by atoms with Crippen LogP contribution in [0.1, 0.15) is 25.3 Å². The molecule has 2 heterocycles. The highest BCUT2D eigenvalue weighted by Crippen LogP contribution is 2.37. The fourth-order valence-corrected chi connectivity index (χ4v) is 3.57. The Bertz CT molecular complexity index is 787. The van der Waals surface area contributed by atoms with Crippen molar-refractivity contribution in [2.45, 2.75) is 32.8 Å². The highest BCUT2D eigenvalue weighted by atomic mass is 32.1. The summed E-state index contributed by atoms with van der Waals surface area (Å²) in [6.07, 6.45) is 1.35. The van der Waals surface area contributed by atoms with Crippen LogP contribution >= 0.6 is 11.3 Å². The number of ether oxygens (including phenoxy) is 1. The van der Waals surface area contributed by atoms with Crippen LogP contribution in [0.15, 0.2) is 23.6 Å². The number of primary amides is 1. The Balaban J connectivity index is 1.99. The van der Waals surface area contributed by atoms with Crippen LogP contribution in [0.25, 0.3) is 11.3 Å². The van der Waals surface area contributed by atoms with E-state index in [1.54, 1.807) is 24.3 Å². The number of hydrogen-bond donors (Lipinski definition) is 1. The number of carbonyl (C=O) groups excluding carboxylic acids is 2. The van der Waals surface area contributed by atoms with Crippen molar-refractivity contribution in [3.8, 4) is 17.0 Å². The number of nitrogens with two attached hydrogens (primary N) is 1. The molecule has 126 valence electrons. The maximum atomic E-state index is 12.3. The second-order valence-corrected chi connectivity index (χ2v) is 6.65. The van der Waals surface area contributed by atoms with E-state index in [4.69, 9.17) is 10.5 Å². The number of benzene rings is 1. The normalized spacial score (nSPS) is 16.7. The van der Waals surface area contributed by atoms with Crippen LogP contribution < -0.4 is 15.4 Å². The van der Waals surface area contributed by atoms with Gasteiger partial charge in [-0.15, -0.1) is 11.3 Å². The van der Waals surface area contributed by atoms with E-state index in [1.807, 2.05) is 17.5 Å². The Morgan fingerprint density at radius 3 is 2.96 bits per heavy atom. The van der Waals surface area contributed by atoms with Gasteiger partial charge in [0, 0.05) is 10.9 Å². The molecule has 0 spiro atoms. The van der Waals surface area contributed by atoms with Gasteiger partial charge >= 0.3 is 0 Å². The topological polar surface area (TPSA) is 85.5 Å². The van der Waals surface area contributed by atoms with Crippen LogP contribution in [0.2, 0.25) is 0 Å². The van der Waals surface area contributed by atoms with Crippen molar-refractivity contribution < 1.29 is 14.3 Å². The molecule has 1 unspecified atom stereocenters. The molecule has 1 atom stereocenters. The zero-order valence-corrected chi connectivity index (χ0v) is 14.4. The number of fused-ring (bicyclic) bond motifs is 1. The van der Waals surface area contributed by atoms with Crippen LogP contribution in [0.4, 0.5) is 5.69 Å². The van der Waals surface area contributed by atoms with E-state index < -0.39 is 12.0 Å². The molecule has 1 aromatic heterocycles. The van der Waals surface area contributed by atoms with Gasteiger partial charge in [0.05, 0.1) is 16.4 Å². The summed E-state index contributed by atoms with van der Waals surface area (Å²) in [5.41, 5.74) is 7.58. The lowest BCUT2D eigenvalue weighted by atomic mass is 10.1. The fourth-order valence-electron chi connectivity index (χ4n) is 2.66. The van der Waals surface area contributed by atoms with Gasteiger partial charge in [0.15, 0.2) is 6.10 Å². The lowest BCUT2D eigenvalue weighted by Gasteiger charge is -2.32. The molecule has 1 aliphatic heterocycles. The fraction of sp³-hybridized carbons (Fsp3) is 0.353. The number of aryl methyl sites for hydroxylation is 1. The Hall–Kier alpha value is -2.41. The van der Waals surface area contributed by atoms with Gasteiger partial charge in [-0.2, -0.15) is 0 Å². The first-order chi connectivity index (χ1) is 11.5. The van der Waals surface area contributed by atoms with Gasteiger partial charge in [0.2, 0.25) is 5.91 Å². The van der Waals surface area contributed by atoms with Crippen molar-refractivity contribution >= 4 is 28.8 Å². The number of rotatable bonds is 5. The van der Waals surface area contributed by atoms with E-state index in [9.17, 15) is 9.59 Å². The second kappa shape index (κ2) is 6.60. The molecule has 2 aromatic rings. The third kappa shape index (κ3) is 3.12. The number of amides is 2. The van der Waals surface area contributed by atoms with Crippen LogP contribution in [-0.4, -0.2) is 29.4 Å². The quantitative estimate of drug-likeness (QED) is 0.901. The number of nitrogens with zero attached hydrogens (tertiary/aromatic N) is 2. The van der Waals surface area contributed by atoms with Gasteiger partial charge in [-0.05, 0) is 38.0 Å². The molecule has 1 aliphatic rings. The first kappa shape index (κ1) is 16.4. The van der Waals surface area contributed by atoms with Gasteiger partial charge in [0.1, 0.15) is 12.3 Å². The Morgan fingerprint density at radius 2 is 2.25 bits per heavy atom. The molecule has 2 N–H and O–H groups in total. The molecule has 0 aliphatic carbocycles. The largest absolute Gasteiger partial charge is 0.479 e. The predicted molar refractivity (Wildman–Crippen MR) is 93.2 cm³/mol. The third-order valence-electron chi connectivity index (χ3n) is 3.79. The number of thiazole rings is 1. The molecule has 0 saturated heterocycles. The molecule has 0 radical (unpaired) electrons. The zero-order valence-electron chi connectivity index (χ0n) is 13.6. The number of hydrogen-bond acceptors (Lipinski definition) is 5. The highest BCUT2D eigenvalue weighted by Gasteiger charge is 2.32. The summed E-state index contributed by atoms with van der Waals surface area (Å²) in [7, 11) is 0. The average Bonchev–Trinajstić information content (AvgIpc) is 3.00. The van der Waals surface area contributed by atoms with Crippen LogP contribution in [-0.2, 0) is 16.0 Å². The smallest absolute Gasteiger partial charge is 0.268 e. The van der Waals surface area contributed by atoms with Crippen molar-refractivity contribution in [1.82, 2.24) is 4.98 Å². The van der Waals surface area contributed by atoms with E-state index in [0.717, 1.165) is 29.1 Å². The van der Waals surface area contributed by atoms with Crippen molar-refractivity contribution in [2.75, 3.05) is 11.4 Å². The predicted octanol–water partition coefficient (Wildman–Crippen LogP) is 2.36. The number of carbonyl (C=O) groups is 2. The summed E-state index contributed by atoms with van der Waals surface area (Å²) in [5, 5.41) is 3.08. The summed E-state index contributed by atoms with van der Waals surface area (Å²) in [6, 6.07) is 5.54. The van der Waals surface area contributed by atoms with Gasteiger partial charge in [0.25, 0.3) is 5.91 Å². The minimum Gasteiger partial charge on any atom is -0.479 e. The van der Waals surface area contributed by atoms with Gasteiger partial charge in [-0.1, -0.05) is 6.92 Å². The van der Waals surface area contributed by atoms with Gasteiger partial charge in [-0.25, -0.2) is 4.98 Å². The molecular weight excluding hydrogens is 326 g/mol.